The van der Waals surface area contributed by atoms with Crippen molar-refractivity contribution in [3.63, 3.8) is 0 Å². The Morgan fingerprint density at radius 3 is 2.38 bits per heavy atom. The van der Waals surface area contributed by atoms with E-state index in [-0.39, 0.29) is 24.3 Å². The van der Waals surface area contributed by atoms with Gasteiger partial charge in [-0.2, -0.15) is 0 Å². The van der Waals surface area contributed by atoms with Crippen LogP contribution in [0, 0.1) is 5.92 Å². The summed E-state index contributed by atoms with van der Waals surface area (Å²) >= 11 is 0. The highest BCUT2D eigenvalue weighted by atomic mass is 16.3. The van der Waals surface area contributed by atoms with E-state index >= 15 is 0 Å². The maximum Gasteiger partial charge on any atom is 0.222 e. The lowest BCUT2D eigenvalue weighted by molar-refractivity contribution is -0.124. The smallest absolute Gasteiger partial charge is 0.222 e. The van der Waals surface area contributed by atoms with Crippen molar-refractivity contribution < 1.29 is 9.90 Å². The number of benzene rings is 1. The van der Waals surface area contributed by atoms with Gasteiger partial charge in [-0.1, -0.05) is 44.2 Å². The van der Waals surface area contributed by atoms with Crippen molar-refractivity contribution in [2.75, 3.05) is 20.6 Å². The lowest BCUT2D eigenvalue weighted by Gasteiger charge is -2.23. The first-order valence-electron chi connectivity index (χ1n) is 7.54. The Morgan fingerprint density at radius 2 is 1.86 bits per heavy atom. The minimum atomic E-state index is -0.582. The predicted octanol–water partition coefficient (Wildman–Crippen LogP) is 1.68. The maximum atomic E-state index is 12.1. The number of likely N-dealkylation sites (N-methyl/N-ethyl adjacent to an activating group) is 1. The van der Waals surface area contributed by atoms with Crippen LogP contribution in [0.4, 0.5) is 0 Å². The van der Waals surface area contributed by atoms with E-state index in [0.717, 1.165) is 13.0 Å². The first-order valence-corrected chi connectivity index (χ1v) is 7.54. The fourth-order valence-electron chi connectivity index (χ4n) is 2.21. The molecule has 2 N–H and O–H groups in total. The number of carbonyl (C=O) groups excluding carboxylic acids is 1. The molecule has 0 radical (unpaired) electrons. The zero-order chi connectivity index (χ0) is 15.8. The van der Waals surface area contributed by atoms with E-state index in [1.165, 1.54) is 5.56 Å². The summed E-state index contributed by atoms with van der Waals surface area (Å²) in [6.45, 7) is 4.61. The van der Waals surface area contributed by atoms with Gasteiger partial charge in [-0.3, -0.25) is 4.79 Å². The van der Waals surface area contributed by atoms with E-state index < -0.39 is 6.10 Å². The van der Waals surface area contributed by atoms with Gasteiger partial charge in [0.15, 0.2) is 0 Å². The summed E-state index contributed by atoms with van der Waals surface area (Å²) in [5, 5.41) is 12.9. The van der Waals surface area contributed by atoms with Gasteiger partial charge in [0.25, 0.3) is 0 Å². The van der Waals surface area contributed by atoms with E-state index in [2.05, 4.69) is 22.3 Å². The average Bonchev–Trinajstić information content (AvgIpc) is 2.38. The van der Waals surface area contributed by atoms with Gasteiger partial charge in [-0.25, -0.2) is 0 Å². The third kappa shape index (κ3) is 7.25. The van der Waals surface area contributed by atoms with Crippen molar-refractivity contribution in [3.8, 4) is 0 Å². The average molecular weight is 292 g/mol. The molecule has 0 saturated heterocycles. The highest BCUT2D eigenvalue weighted by Crippen LogP contribution is 2.07. The molecule has 21 heavy (non-hydrogen) atoms. The molecule has 0 bridgehead atoms. The van der Waals surface area contributed by atoms with E-state index in [1.54, 1.807) is 0 Å². The number of hydrogen-bond donors (Lipinski definition) is 2. The molecule has 1 amide bonds. The number of aliphatic hydroxyl groups is 1. The van der Waals surface area contributed by atoms with Gasteiger partial charge in [0.2, 0.25) is 5.91 Å². The molecule has 0 saturated carbocycles. The third-order valence-electron chi connectivity index (χ3n) is 3.44. The number of aliphatic hydroxyl groups excluding tert-OH is 1. The Bertz CT molecular complexity index is 418. The second-order valence-corrected chi connectivity index (χ2v) is 6.23. The largest absolute Gasteiger partial charge is 0.392 e. The van der Waals surface area contributed by atoms with Crippen LogP contribution in [0.25, 0.3) is 0 Å². The summed E-state index contributed by atoms with van der Waals surface area (Å²) in [5.74, 6) is 0.0103. The molecular formula is C17H28N2O2. The van der Waals surface area contributed by atoms with E-state index in [0.29, 0.717) is 0 Å². The minimum Gasteiger partial charge on any atom is -0.392 e. The Morgan fingerprint density at radius 1 is 1.24 bits per heavy atom. The van der Waals surface area contributed by atoms with Crippen LogP contribution in [0.3, 0.4) is 0 Å². The first-order chi connectivity index (χ1) is 9.88. The molecule has 1 aromatic rings. The van der Waals surface area contributed by atoms with Crippen molar-refractivity contribution in [1.82, 2.24) is 10.2 Å². The van der Waals surface area contributed by atoms with Gasteiger partial charge in [0.1, 0.15) is 0 Å². The van der Waals surface area contributed by atoms with Crippen LogP contribution < -0.4 is 5.32 Å². The quantitative estimate of drug-likeness (QED) is 0.766. The topological polar surface area (TPSA) is 52.6 Å². The molecule has 0 aromatic heterocycles. The minimum absolute atomic E-state index is 0.0502. The van der Waals surface area contributed by atoms with Crippen LogP contribution >= 0.6 is 0 Å². The van der Waals surface area contributed by atoms with Crippen molar-refractivity contribution >= 4 is 5.91 Å². The summed E-state index contributed by atoms with van der Waals surface area (Å²) in [6.07, 6.45) is 0.376. The fraction of sp³-hybridized carbons (Fsp3) is 0.588. The monoisotopic (exact) mass is 292 g/mol. The molecule has 1 rings (SSSR count). The zero-order valence-corrected chi connectivity index (χ0v) is 13.5. The number of rotatable bonds is 8. The maximum absolute atomic E-state index is 12.1. The Labute approximate surface area is 128 Å². The molecule has 0 spiro atoms. The molecular weight excluding hydrogens is 264 g/mol. The number of nitrogens with one attached hydrogen (secondary N) is 1. The van der Waals surface area contributed by atoms with Gasteiger partial charge < -0.3 is 15.3 Å². The Hall–Kier alpha value is -1.39. The van der Waals surface area contributed by atoms with Crippen LogP contribution in [-0.4, -0.2) is 48.7 Å². The van der Waals surface area contributed by atoms with Crippen molar-refractivity contribution in [1.29, 1.82) is 0 Å². The molecule has 118 valence electrons. The SMILES string of the molecule is CC(C)C(O)CC(=O)NC(Cc1ccccc1)CN(C)C. The lowest BCUT2D eigenvalue weighted by Crippen LogP contribution is -2.44. The van der Waals surface area contributed by atoms with Gasteiger partial charge in [0.05, 0.1) is 12.5 Å². The number of amides is 1. The van der Waals surface area contributed by atoms with E-state index in [1.807, 2.05) is 46.1 Å². The molecule has 0 fully saturated rings. The molecule has 4 heteroatoms. The number of hydrogen-bond acceptors (Lipinski definition) is 3. The van der Waals surface area contributed by atoms with Gasteiger partial charge in [-0.05, 0) is 32.0 Å². The highest BCUT2D eigenvalue weighted by molar-refractivity contribution is 5.76. The fourth-order valence-corrected chi connectivity index (χ4v) is 2.21. The molecule has 0 heterocycles. The van der Waals surface area contributed by atoms with Crippen LogP contribution in [-0.2, 0) is 11.2 Å². The summed E-state index contributed by atoms with van der Waals surface area (Å²) in [6, 6.07) is 10.2. The second-order valence-electron chi connectivity index (χ2n) is 6.23. The van der Waals surface area contributed by atoms with Crippen LogP contribution in [0.15, 0.2) is 30.3 Å². The molecule has 1 aromatic carbocycles. The molecule has 0 aliphatic rings. The van der Waals surface area contributed by atoms with Crippen LogP contribution in [0.5, 0.6) is 0 Å². The van der Waals surface area contributed by atoms with Crippen molar-refractivity contribution in [2.24, 2.45) is 5.92 Å². The van der Waals surface area contributed by atoms with E-state index in [4.69, 9.17) is 0 Å². The summed E-state index contributed by atoms with van der Waals surface area (Å²) in [4.78, 5) is 14.1. The first kappa shape index (κ1) is 17.7. The molecule has 0 aliphatic carbocycles. The standard InChI is InChI=1S/C17H28N2O2/c1-13(2)16(20)11-17(21)18-15(12-19(3)4)10-14-8-6-5-7-9-14/h5-9,13,15-16,20H,10-12H2,1-4H3,(H,18,21). The number of nitrogens with zero attached hydrogens (tertiary/aromatic N) is 1. The normalized spacial score (nSPS) is 14.2. The highest BCUT2D eigenvalue weighted by Gasteiger charge is 2.18. The van der Waals surface area contributed by atoms with Crippen molar-refractivity contribution in [3.05, 3.63) is 35.9 Å². The zero-order valence-electron chi connectivity index (χ0n) is 13.5. The summed E-state index contributed by atoms with van der Waals surface area (Å²) in [5.41, 5.74) is 1.20. The van der Waals surface area contributed by atoms with E-state index in [9.17, 15) is 9.90 Å². The Balaban J connectivity index is 2.59. The predicted molar refractivity (Wildman–Crippen MR) is 86.1 cm³/mol. The molecule has 2 atom stereocenters. The summed E-state index contributed by atoms with van der Waals surface area (Å²) in [7, 11) is 3.99. The lowest BCUT2D eigenvalue weighted by atomic mass is 10.0. The number of carbonyl (C=O) groups is 1. The van der Waals surface area contributed by atoms with Gasteiger partial charge in [0, 0.05) is 12.6 Å². The summed E-state index contributed by atoms with van der Waals surface area (Å²) < 4.78 is 0. The van der Waals surface area contributed by atoms with Gasteiger partial charge >= 0.3 is 0 Å². The molecule has 2 unspecified atom stereocenters. The third-order valence-corrected chi connectivity index (χ3v) is 3.44. The van der Waals surface area contributed by atoms with Crippen LogP contribution in [0.2, 0.25) is 0 Å². The van der Waals surface area contributed by atoms with Gasteiger partial charge in [-0.15, -0.1) is 0 Å². The van der Waals surface area contributed by atoms with Crippen molar-refractivity contribution in [2.45, 2.75) is 38.8 Å². The van der Waals surface area contributed by atoms with Crippen LogP contribution in [0.1, 0.15) is 25.8 Å². The Kier molecular flexibility index (Phi) is 7.40. The second kappa shape index (κ2) is 8.80. The molecule has 4 nitrogen and oxygen atoms in total. The molecule has 0 aliphatic heterocycles.